The van der Waals surface area contributed by atoms with Crippen molar-refractivity contribution >= 4 is 33.5 Å². The van der Waals surface area contributed by atoms with Crippen molar-refractivity contribution in [1.82, 2.24) is 9.62 Å². The first-order valence-electron chi connectivity index (χ1n) is 6.59. The lowest BCUT2D eigenvalue weighted by Crippen LogP contribution is -2.57. The van der Waals surface area contributed by atoms with Crippen molar-refractivity contribution in [1.29, 1.82) is 0 Å². The van der Waals surface area contributed by atoms with Gasteiger partial charge in [-0.05, 0) is 18.2 Å². The number of amides is 1. The quantitative estimate of drug-likeness (QED) is 0.787. The molecule has 0 aliphatic carbocycles. The van der Waals surface area contributed by atoms with Crippen molar-refractivity contribution in [2.45, 2.75) is 17.4 Å². The van der Waals surface area contributed by atoms with Crippen LogP contribution < -0.4 is 5.32 Å². The summed E-state index contributed by atoms with van der Waals surface area (Å²) in [6, 6.07) is 1.71. The molecule has 7 nitrogen and oxygen atoms in total. The van der Waals surface area contributed by atoms with Gasteiger partial charge in [-0.15, -0.1) is 0 Å². The van der Waals surface area contributed by atoms with Crippen molar-refractivity contribution in [3.8, 4) is 0 Å². The lowest BCUT2D eigenvalue weighted by atomic mass is 10.1. The fourth-order valence-corrected chi connectivity index (χ4v) is 4.05. The molecule has 0 unspecified atom stereocenters. The highest BCUT2D eigenvalue weighted by Gasteiger charge is 2.40. The predicted octanol–water partition coefficient (Wildman–Crippen LogP) is 0.531. The Morgan fingerprint density at radius 1 is 1.52 bits per heavy atom. The Kier molecular flexibility index (Phi) is 5.23. The molecular weight excluding hydrogens is 351 g/mol. The summed E-state index contributed by atoms with van der Waals surface area (Å²) in [5.74, 6) is -2.07. The molecule has 1 heterocycles. The third-order valence-electron chi connectivity index (χ3n) is 3.37. The molecular formula is C13H14ClFN2O5S. The van der Waals surface area contributed by atoms with Crippen LogP contribution in [0.4, 0.5) is 4.39 Å². The molecule has 1 atom stereocenters. The molecule has 0 spiro atoms. The smallest absolute Gasteiger partial charge is 0.307 e. The maximum Gasteiger partial charge on any atom is 0.307 e. The SMILES string of the molecule is COC(=O)C[C@H]1C(=O)NCCN1S(=O)(=O)c1ccc(F)c(Cl)c1. The summed E-state index contributed by atoms with van der Waals surface area (Å²) < 4.78 is 44.0. The first-order valence-corrected chi connectivity index (χ1v) is 8.40. The largest absolute Gasteiger partial charge is 0.469 e. The van der Waals surface area contributed by atoms with Crippen LogP contribution in [0, 0.1) is 5.82 Å². The summed E-state index contributed by atoms with van der Waals surface area (Å²) in [7, 11) is -2.98. The first-order chi connectivity index (χ1) is 10.8. The number of piperazine rings is 1. The summed E-state index contributed by atoms with van der Waals surface area (Å²) in [5.41, 5.74) is 0. The number of hydrogen-bond acceptors (Lipinski definition) is 5. The number of carbonyl (C=O) groups excluding carboxylic acids is 2. The number of sulfonamides is 1. The van der Waals surface area contributed by atoms with Crippen LogP contribution in [0.2, 0.25) is 5.02 Å². The summed E-state index contributed by atoms with van der Waals surface area (Å²) in [6.07, 6.45) is -0.420. The molecule has 1 aliphatic heterocycles. The van der Waals surface area contributed by atoms with Gasteiger partial charge in [0.05, 0.1) is 23.4 Å². The fourth-order valence-electron chi connectivity index (χ4n) is 2.19. The van der Waals surface area contributed by atoms with Gasteiger partial charge in [-0.1, -0.05) is 11.6 Å². The lowest BCUT2D eigenvalue weighted by Gasteiger charge is -2.33. The monoisotopic (exact) mass is 364 g/mol. The van der Waals surface area contributed by atoms with E-state index in [9.17, 15) is 22.4 Å². The second-order valence-electron chi connectivity index (χ2n) is 4.78. The maximum absolute atomic E-state index is 13.2. The first kappa shape index (κ1) is 17.6. The van der Waals surface area contributed by atoms with Gasteiger partial charge in [0.1, 0.15) is 11.9 Å². The number of hydrogen-bond donors (Lipinski definition) is 1. The Morgan fingerprint density at radius 3 is 2.83 bits per heavy atom. The number of halogens is 2. The minimum atomic E-state index is -4.12. The van der Waals surface area contributed by atoms with Gasteiger partial charge >= 0.3 is 5.97 Å². The zero-order valence-corrected chi connectivity index (χ0v) is 13.7. The third-order valence-corrected chi connectivity index (χ3v) is 5.56. The van der Waals surface area contributed by atoms with Gasteiger partial charge < -0.3 is 10.1 Å². The van der Waals surface area contributed by atoms with E-state index < -0.39 is 40.2 Å². The van der Waals surface area contributed by atoms with Crippen LogP contribution in [-0.2, 0) is 24.3 Å². The van der Waals surface area contributed by atoms with Crippen molar-refractivity contribution in [3.05, 3.63) is 29.0 Å². The fraction of sp³-hybridized carbons (Fsp3) is 0.385. The average Bonchev–Trinajstić information content (AvgIpc) is 2.51. The molecule has 0 aromatic heterocycles. The van der Waals surface area contributed by atoms with E-state index in [0.29, 0.717) is 0 Å². The van der Waals surface area contributed by atoms with Crippen LogP contribution in [0.3, 0.4) is 0 Å². The predicted molar refractivity (Wildman–Crippen MR) is 78.7 cm³/mol. The zero-order chi connectivity index (χ0) is 17.2. The summed E-state index contributed by atoms with van der Waals surface area (Å²) >= 11 is 5.62. The van der Waals surface area contributed by atoms with E-state index in [4.69, 9.17) is 11.6 Å². The average molecular weight is 365 g/mol. The molecule has 23 heavy (non-hydrogen) atoms. The molecule has 1 aromatic rings. The molecule has 10 heteroatoms. The molecule has 0 saturated carbocycles. The normalized spacial score (nSPS) is 19.3. The molecule has 1 saturated heterocycles. The van der Waals surface area contributed by atoms with E-state index in [-0.39, 0.29) is 23.0 Å². The molecule has 1 aliphatic rings. The van der Waals surface area contributed by atoms with Gasteiger partial charge in [-0.2, -0.15) is 4.31 Å². The van der Waals surface area contributed by atoms with Crippen LogP contribution in [-0.4, -0.2) is 50.8 Å². The van der Waals surface area contributed by atoms with Crippen LogP contribution in [0.15, 0.2) is 23.1 Å². The Morgan fingerprint density at radius 2 is 2.22 bits per heavy atom. The molecule has 1 amide bonds. The van der Waals surface area contributed by atoms with Crippen molar-refractivity contribution in [2.75, 3.05) is 20.2 Å². The number of nitrogens with one attached hydrogen (secondary N) is 1. The number of ether oxygens (including phenoxy) is 1. The second-order valence-corrected chi connectivity index (χ2v) is 7.08. The van der Waals surface area contributed by atoms with Gasteiger partial charge in [0.15, 0.2) is 0 Å². The topological polar surface area (TPSA) is 92.8 Å². The van der Waals surface area contributed by atoms with E-state index in [1.54, 1.807) is 0 Å². The van der Waals surface area contributed by atoms with Crippen LogP contribution in [0.25, 0.3) is 0 Å². The highest BCUT2D eigenvalue weighted by molar-refractivity contribution is 7.89. The molecule has 0 radical (unpaired) electrons. The number of benzene rings is 1. The Bertz CT molecular complexity index is 740. The standard InChI is InChI=1S/C13H14ClFN2O5S/c1-22-12(18)7-11-13(19)16-4-5-17(11)23(20,21)8-2-3-10(15)9(14)6-8/h2-3,6,11H,4-5,7H2,1H3,(H,16,19)/t11-/m0/s1. The van der Waals surface area contributed by atoms with Gasteiger partial charge in [0.25, 0.3) is 0 Å². The van der Waals surface area contributed by atoms with Crippen molar-refractivity contribution in [3.63, 3.8) is 0 Å². The minimum Gasteiger partial charge on any atom is -0.469 e. The molecule has 1 N–H and O–H groups in total. The van der Waals surface area contributed by atoms with Gasteiger partial charge in [-0.25, -0.2) is 12.8 Å². The third kappa shape index (κ3) is 3.62. The number of nitrogens with zero attached hydrogens (tertiary/aromatic N) is 1. The number of rotatable bonds is 4. The van der Waals surface area contributed by atoms with Crippen LogP contribution in [0.1, 0.15) is 6.42 Å². The van der Waals surface area contributed by atoms with Crippen LogP contribution in [0.5, 0.6) is 0 Å². The molecule has 2 rings (SSSR count). The second kappa shape index (κ2) is 6.81. The molecule has 0 bridgehead atoms. The molecule has 1 aromatic carbocycles. The Balaban J connectivity index is 2.39. The Hall–Kier alpha value is -1.71. The minimum absolute atomic E-state index is 0.0231. The van der Waals surface area contributed by atoms with E-state index >= 15 is 0 Å². The van der Waals surface area contributed by atoms with Gasteiger partial charge in [0, 0.05) is 13.1 Å². The molecule has 126 valence electrons. The number of methoxy groups -OCH3 is 1. The van der Waals surface area contributed by atoms with Crippen molar-refractivity contribution < 1.29 is 27.1 Å². The van der Waals surface area contributed by atoms with E-state index in [0.717, 1.165) is 29.6 Å². The maximum atomic E-state index is 13.2. The van der Waals surface area contributed by atoms with Crippen LogP contribution >= 0.6 is 11.6 Å². The van der Waals surface area contributed by atoms with E-state index in [2.05, 4.69) is 10.1 Å². The van der Waals surface area contributed by atoms with E-state index in [1.165, 1.54) is 0 Å². The van der Waals surface area contributed by atoms with E-state index in [1.807, 2.05) is 0 Å². The highest BCUT2D eigenvalue weighted by Crippen LogP contribution is 2.25. The number of carbonyl (C=O) groups is 2. The van der Waals surface area contributed by atoms with Gasteiger partial charge in [0.2, 0.25) is 15.9 Å². The number of esters is 1. The summed E-state index contributed by atoms with van der Waals surface area (Å²) in [5, 5.41) is 2.15. The lowest BCUT2D eigenvalue weighted by molar-refractivity contribution is -0.144. The highest BCUT2D eigenvalue weighted by atomic mass is 35.5. The Labute approximate surface area is 137 Å². The molecule has 1 fully saturated rings. The summed E-state index contributed by atoms with van der Waals surface area (Å²) in [6.45, 7) is 0.0788. The van der Waals surface area contributed by atoms with Crippen molar-refractivity contribution in [2.24, 2.45) is 0 Å². The summed E-state index contributed by atoms with van der Waals surface area (Å²) in [4.78, 5) is 23.1. The zero-order valence-electron chi connectivity index (χ0n) is 12.1. The van der Waals surface area contributed by atoms with Gasteiger partial charge in [-0.3, -0.25) is 9.59 Å².